The molecular formula is C15H27N3O2. The van der Waals surface area contributed by atoms with E-state index in [2.05, 4.69) is 12.2 Å². The van der Waals surface area contributed by atoms with Crippen molar-refractivity contribution >= 4 is 11.8 Å². The van der Waals surface area contributed by atoms with Gasteiger partial charge in [0.25, 0.3) is 0 Å². The van der Waals surface area contributed by atoms with Crippen molar-refractivity contribution in [1.29, 1.82) is 0 Å². The van der Waals surface area contributed by atoms with Crippen molar-refractivity contribution in [3.05, 3.63) is 0 Å². The summed E-state index contributed by atoms with van der Waals surface area (Å²) in [5.41, 5.74) is 0. The molecule has 2 unspecified atom stereocenters. The third-order valence-corrected chi connectivity index (χ3v) is 4.59. The lowest BCUT2D eigenvalue weighted by atomic mass is 9.86. The van der Waals surface area contributed by atoms with Crippen molar-refractivity contribution in [1.82, 2.24) is 15.1 Å². The van der Waals surface area contributed by atoms with Crippen LogP contribution >= 0.6 is 0 Å². The first kappa shape index (κ1) is 15.3. The molecule has 1 saturated heterocycles. The Kier molecular flexibility index (Phi) is 5.40. The van der Waals surface area contributed by atoms with E-state index < -0.39 is 0 Å². The Morgan fingerprint density at radius 2 is 1.95 bits per heavy atom. The van der Waals surface area contributed by atoms with Crippen LogP contribution in [0.2, 0.25) is 0 Å². The molecule has 2 rings (SSSR count). The van der Waals surface area contributed by atoms with Gasteiger partial charge in [0.2, 0.25) is 0 Å². The van der Waals surface area contributed by atoms with Gasteiger partial charge in [-0.1, -0.05) is 19.8 Å². The predicted molar refractivity (Wildman–Crippen MR) is 78.3 cm³/mol. The van der Waals surface area contributed by atoms with E-state index in [1.165, 1.54) is 6.42 Å². The molecule has 2 aliphatic rings. The van der Waals surface area contributed by atoms with Gasteiger partial charge in [-0.2, -0.15) is 0 Å². The summed E-state index contributed by atoms with van der Waals surface area (Å²) < 4.78 is 0. The number of nitrogens with zero attached hydrogens (tertiary/aromatic N) is 2. The second kappa shape index (κ2) is 7.07. The second-order valence-corrected chi connectivity index (χ2v) is 6.24. The number of hydrogen-bond donors (Lipinski definition) is 1. The van der Waals surface area contributed by atoms with Crippen LogP contribution in [-0.4, -0.2) is 60.9 Å². The predicted octanol–water partition coefficient (Wildman–Crippen LogP) is 0.845. The molecule has 0 aromatic rings. The molecule has 0 radical (unpaired) electrons. The minimum absolute atomic E-state index is 0.236. The SMILES string of the molecule is CC1CCCC(N(C)C(=O)C(=O)N2CCCNCC2)C1. The van der Waals surface area contributed by atoms with Gasteiger partial charge in [0.05, 0.1) is 0 Å². The van der Waals surface area contributed by atoms with Crippen molar-refractivity contribution < 1.29 is 9.59 Å². The number of nitrogens with one attached hydrogen (secondary N) is 1. The fourth-order valence-electron chi connectivity index (χ4n) is 3.25. The van der Waals surface area contributed by atoms with E-state index in [0.29, 0.717) is 19.0 Å². The lowest BCUT2D eigenvalue weighted by molar-refractivity contribution is -0.152. The number of hydrogen-bond acceptors (Lipinski definition) is 3. The number of rotatable bonds is 1. The maximum absolute atomic E-state index is 12.4. The van der Waals surface area contributed by atoms with Crippen LogP contribution in [0.15, 0.2) is 0 Å². The molecule has 2 amide bonds. The Morgan fingerprint density at radius 3 is 2.70 bits per heavy atom. The highest BCUT2D eigenvalue weighted by Gasteiger charge is 2.31. The van der Waals surface area contributed by atoms with Gasteiger partial charge in [-0.3, -0.25) is 9.59 Å². The van der Waals surface area contributed by atoms with Crippen LogP contribution < -0.4 is 5.32 Å². The Balaban J connectivity index is 1.92. The maximum atomic E-state index is 12.4. The first-order valence-electron chi connectivity index (χ1n) is 7.86. The molecule has 1 aliphatic heterocycles. The number of likely N-dealkylation sites (N-methyl/N-ethyl adjacent to an activating group) is 1. The minimum atomic E-state index is -0.328. The largest absolute Gasteiger partial charge is 0.335 e. The molecule has 20 heavy (non-hydrogen) atoms. The normalized spacial score (nSPS) is 27.8. The van der Waals surface area contributed by atoms with E-state index in [-0.39, 0.29) is 17.9 Å². The monoisotopic (exact) mass is 281 g/mol. The Bertz CT molecular complexity index is 351. The van der Waals surface area contributed by atoms with Gasteiger partial charge < -0.3 is 15.1 Å². The lowest BCUT2D eigenvalue weighted by Crippen LogP contribution is -2.49. The molecule has 5 heteroatoms. The molecule has 0 aromatic carbocycles. The van der Waals surface area contributed by atoms with Gasteiger partial charge in [-0.05, 0) is 31.7 Å². The van der Waals surface area contributed by atoms with Crippen LogP contribution in [0.4, 0.5) is 0 Å². The zero-order valence-electron chi connectivity index (χ0n) is 12.7. The standard InChI is InChI=1S/C15H27N3O2/c1-12-5-3-6-13(11-12)17(2)14(19)15(20)18-9-4-7-16-8-10-18/h12-13,16H,3-11H2,1-2H3. The molecule has 2 fully saturated rings. The van der Waals surface area contributed by atoms with Crippen LogP contribution in [0.3, 0.4) is 0 Å². The summed E-state index contributed by atoms with van der Waals surface area (Å²) >= 11 is 0. The van der Waals surface area contributed by atoms with Crippen molar-refractivity contribution in [2.75, 3.05) is 33.2 Å². The number of amides is 2. The molecule has 0 spiro atoms. The molecular weight excluding hydrogens is 254 g/mol. The Hall–Kier alpha value is -1.10. The molecule has 1 saturated carbocycles. The van der Waals surface area contributed by atoms with Crippen LogP contribution in [0.5, 0.6) is 0 Å². The van der Waals surface area contributed by atoms with Crippen molar-refractivity contribution in [3.63, 3.8) is 0 Å². The molecule has 114 valence electrons. The lowest BCUT2D eigenvalue weighted by Gasteiger charge is -2.34. The first-order valence-corrected chi connectivity index (χ1v) is 7.86. The third kappa shape index (κ3) is 3.72. The maximum Gasteiger partial charge on any atom is 0.312 e. The zero-order valence-corrected chi connectivity index (χ0v) is 12.7. The molecule has 1 N–H and O–H groups in total. The van der Waals surface area contributed by atoms with Crippen molar-refractivity contribution in [2.24, 2.45) is 5.92 Å². The smallest absolute Gasteiger partial charge is 0.312 e. The summed E-state index contributed by atoms with van der Waals surface area (Å²) in [6, 6.07) is 0.236. The third-order valence-electron chi connectivity index (χ3n) is 4.59. The summed E-state index contributed by atoms with van der Waals surface area (Å²) in [4.78, 5) is 28.1. The highest BCUT2D eigenvalue weighted by molar-refractivity contribution is 6.34. The van der Waals surface area contributed by atoms with Crippen LogP contribution in [0, 0.1) is 5.92 Å². The second-order valence-electron chi connectivity index (χ2n) is 6.24. The molecule has 1 aliphatic carbocycles. The van der Waals surface area contributed by atoms with Gasteiger partial charge in [0.1, 0.15) is 0 Å². The topological polar surface area (TPSA) is 52.7 Å². The van der Waals surface area contributed by atoms with E-state index in [0.717, 1.165) is 38.8 Å². The van der Waals surface area contributed by atoms with E-state index in [4.69, 9.17) is 0 Å². The van der Waals surface area contributed by atoms with Crippen LogP contribution in [0.25, 0.3) is 0 Å². The zero-order chi connectivity index (χ0) is 14.5. The Morgan fingerprint density at radius 1 is 1.15 bits per heavy atom. The van der Waals surface area contributed by atoms with Gasteiger partial charge in [0, 0.05) is 32.7 Å². The van der Waals surface area contributed by atoms with E-state index in [1.807, 2.05) is 0 Å². The first-order chi connectivity index (χ1) is 9.59. The average molecular weight is 281 g/mol. The Labute approximate surface area is 121 Å². The number of carbonyl (C=O) groups excluding carboxylic acids is 2. The fourth-order valence-corrected chi connectivity index (χ4v) is 3.25. The molecule has 1 heterocycles. The summed E-state index contributed by atoms with van der Waals surface area (Å²) in [5.74, 6) is 0.00177. The molecule has 5 nitrogen and oxygen atoms in total. The van der Waals surface area contributed by atoms with E-state index in [1.54, 1.807) is 16.8 Å². The highest BCUT2D eigenvalue weighted by Crippen LogP contribution is 2.26. The van der Waals surface area contributed by atoms with Crippen LogP contribution in [0.1, 0.15) is 39.0 Å². The summed E-state index contributed by atoms with van der Waals surface area (Å²) in [7, 11) is 1.79. The van der Waals surface area contributed by atoms with E-state index in [9.17, 15) is 9.59 Å². The average Bonchev–Trinajstić information content (AvgIpc) is 2.74. The molecule has 2 atom stereocenters. The van der Waals surface area contributed by atoms with Crippen molar-refractivity contribution in [3.8, 4) is 0 Å². The quantitative estimate of drug-likeness (QED) is 0.725. The minimum Gasteiger partial charge on any atom is -0.335 e. The molecule has 0 aromatic heterocycles. The fraction of sp³-hybridized carbons (Fsp3) is 0.867. The summed E-state index contributed by atoms with van der Waals surface area (Å²) in [5, 5.41) is 3.25. The highest BCUT2D eigenvalue weighted by atomic mass is 16.2. The van der Waals surface area contributed by atoms with Gasteiger partial charge in [-0.25, -0.2) is 0 Å². The number of carbonyl (C=O) groups is 2. The van der Waals surface area contributed by atoms with E-state index >= 15 is 0 Å². The van der Waals surface area contributed by atoms with Gasteiger partial charge in [-0.15, -0.1) is 0 Å². The van der Waals surface area contributed by atoms with Crippen molar-refractivity contribution in [2.45, 2.75) is 45.1 Å². The van der Waals surface area contributed by atoms with Gasteiger partial charge >= 0.3 is 11.8 Å². The van der Waals surface area contributed by atoms with Crippen LogP contribution in [-0.2, 0) is 9.59 Å². The summed E-state index contributed by atoms with van der Waals surface area (Å²) in [6.07, 6.45) is 5.37. The molecule has 0 bridgehead atoms. The summed E-state index contributed by atoms with van der Waals surface area (Å²) in [6.45, 7) is 5.26. The van der Waals surface area contributed by atoms with Gasteiger partial charge in [0.15, 0.2) is 0 Å².